The molecule has 1 atom stereocenters. The van der Waals surface area contributed by atoms with Crippen molar-refractivity contribution in [3.05, 3.63) is 34.1 Å². The van der Waals surface area contributed by atoms with Crippen LogP contribution in [0.1, 0.15) is 10.4 Å². The van der Waals surface area contributed by atoms with Gasteiger partial charge in [-0.1, -0.05) is 0 Å². The highest BCUT2D eigenvalue weighted by atomic mass is 79.9. The lowest BCUT2D eigenvalue weighted by atomic mass is 10.2. The standard InChI is InChI=1S/C11H11BrFNO4/c1-18-11(17)9(15)5-14-10(16)7-4-6(13)2-3-8(7)12/h2-4,9,15H,5H2,1H3,(H,14,16). The van der Waals surface area contributed by atoms with E-state index in [1.165, 1.54) is 12.1 Å². The third-order valence-electron chi connectivity index (χ3n) is 2.10. The number of hydrogen-bond acceptors (Lipinski definition) is 4. The molecule has 0 saturated carbocycles. The number of aliphatic hydroxyl groups excluding tert-OH is 1. The van der Waals surface area contributed by atoms with Crippen molar-refractivity contribution in [1.82, 2.24) is 5.32 Å². The second kappa shape index (κ2) is 6.46. The van der Waals surface area contributed by atoms with Gasteiger partial charge in [-0.25, -0.2) is 9.18 Å². The summed E-state index contributed by atoms with van der Waals surface area (Å²) in [5, 5.41) is 11.6. The molecule has 7 heteroatoms. The first-order valence-electron chi connectivity index (χ1n) is 4.95. The Balaban J connectivity index is 2.66. The zero-order chi connectivity index (χ0) is 13.7. The molecule has 1 aromatic carbocycles. The molecule has 2 N–H and O–H groups in total. The molecule has 1 rings (SSSR count). The molecule has 5 nitrogen and oxygen atoms in total. The number of hydrogen-bond donors (Lipinski definition) is 2. The normalized spacial score (nSPS) is 11.8. The lowest BCUT2D eigenvalue weighted by Crippen LogP contribution is -2.37. The highest BCUT2D eigenvalue weighted by molar-refractivity contribution is 9.10. The van der Waals surface area contributed by atoms with E-state index in [4.69, 9.17) is 0 Å². The van der Waals surface area contributed by atoms with Crippen molar-refractivity contribution < 1.29 is 23.8 Å². The number of rotatable bonds is 4. The zero-order valence-corrected chi connectivity index (χ0v) is 11.0. The molecule has 0 aromatic heterocycles. The number of esters is 1. The summed E-state index contributed by atoms with van der Waals surface area (Å²) in [6.07, 6.45) is -1.45. The fourth-order valence-corrected chi connectivity index (χ4v) is 1.60. The molecule has 1 unspecified atom stereocenters. The molecule has 0 aliphatic rings. The van der Waals surface area contributed by atoms with Gasteiger partial charge < -0.3 is 15.2 Å². The van der Waals surface area contributed by atoms with Crippen LogP contribution in [0.5, 0.6) is 0 Å². The van der Waals surface area contributed by atoms with Crippen LogP contribution >= 0.6 is 15.9 Å². The van der Waals surface area contributed by atoms with E-state index >= 15 is 0 Å². The fraction of sp³-hybridized carbons (Fsp3) is 0.273. The molecule has 1 amide bonds. The van der Waals surface area contributed by atoms with Gasteiger partial charge in [0.25, 0.3) is 5.91 Å². The summed E-state index contributed by atoms with van der Waals surface area (Å²) in [4.78, 5) is 22.6. The predicted molar refractivity (Wildman–Crippen MR) is 64.5 cm³/mol. The Bertz CT molecular complexity index is 466. The molecule has 0 radical (unpaired) electrons. The highest BCUT2D eigenvalue weighted by Gasteiger charge is 2.18. The van der Waals surface area contributed by atoms with Crippen molar-refractivity contribution in [3.8, 4) is 0 Å². The summed E-state index contributed by atoms with van der Waals surface area (Å²) in [5.74, 6) is -2.02. The summed E-state index contributed by atoms with van der Waals surface area (Å²) in [6, 6.07) is 3.63. The van der Waals surface area contributed by atoms with Gasteiger partial charge in [-0.15, -0.1) is 0 Å². The van der Waals surface area contributed by atoms with Crippen molar-refractivity contribution in [2.24, 2.45) is 0 Å². The van der Waals surface area contributed by atoms with Gasteiger partial charge >= 0.3 is 5.97 Å². The van der Waals surface area contributed by atoms with Crippen molar-refractivity contribution >= 4 is 27.8 Å². The Labute approximate surface area is 111 Å². The van der Waals surface area contributed by atoms with E-state index in [2.05, 4.69) is 26.0 Å². The number of methoxy groups -OCH3 is 1. The molecular weight excluding hydrogens is 309 g/mol. The van der Waals surface area contributed by atoms with Crippen LogP contribution in [0, 0.1) is 5.82 Å². The molecule has 0 aliphatic heterocycles. The Morgan fingerprint density at radius 3 is 2.83 bits per heavy atom. The largest absolute Gasteiger partial charge is 0.467 e. The second-order valence-corrected chi connectivity index (χ2v) is 4.23. The number of nitrogens with one attached hydrogen (secondary N) is 1. The van der Waals surface area contributed by atoms with Crippen LogP contribution < -0.4 is 5.32 Å². The number of aliphatic hydroxyl groups is 1. The topological polar surface area (TPSA) is 75.6 Å². The molecule has 0 fully saturated rings. The van der Waals surface area contributed by atoms with Crippen LogP contribution in [0.25, 0.3) is 0 Å². The van der Waals surface area contributed by atoms with Gasteiger partial charge in [-0.2, -0.15) is 0 Å². The van der Waals surface area contributed by atoms with Crippen LogP contribution in [0.3, 0.4) is 0 Å². The first-order valence-corrected chi connectivity index (χ1v) is 5.74. The summed E-state index contributed by atoms with van der Waals surface area (Å²) in [6.45, 7) is -0.311. The van der Waals surface area contributed by atoms with Gasteiger partial charge in [0.1, 0.15) is 5.82 Å². The van der Waals surface area contributed by atoms with Gasteiger partial charge in [-0.05, 0) is 34.1 Å². The third kappa shape index (κ3) is 3.78. The SMILES string of the molecule is COC(=O)C(O)CNC(=O)c1cc(F)ccc1Br. The van der Waals surface area contributed by atoms with Crippen LogP contribution in [-0.2, 0) is 9.53 Å². The van der Waals surface area contributed by atoms with Gasteiger partial charge in [-0.3, -0.25) is 4.79 Å². The first-order chi connectivity index (χ1) is 8.45. The lowest BCUT2D eigenvalue weighted by Gasteiger charge is -2.10. The minimum atomic E-state index is -1.45. The molecule has 0 bridgehead atoms. The van der Waals surface area contributed by atoms with E-state index in [9.17, 15) is 19.1 Å². The molecule has 18 heavy (non-hydrogen) atoms. The van der Waals surface area contributed by atoms with Gasteiger partial charge in [0.2, 0.25) is 0 Å². The van der Waals surface area contributed by atoms with Crippen molar-refractivity contribution in [2.45, 2.75) is 6.10 Å². The van der Waals surface area contributed by atoms with E-state index in [1.54, 1.807) is 0 Å². The van der Waals surface area contributed by atoms with E-state index in [0.717, 1.165) is 13.2 Å². The number of carbonyl (C=O) groups excluding carboxylic acids is 2. The predicted octanol–water partition coefficient (Wildman–Crippen LogP) is 0.852. The summed E-state index contributed by atoms with van der Waals surface area (Å²) >= 11 is 3.10. The maximum Gasteiger partial charge on any atom is 0.336 e. The minimum absolute atomic E-state index is 0.0760. The summed E-state index contributed by atoms with van der Waals surface area (Å²) in [7, 11) is 1.12. The molecular formula is C11H11BrFNO4. The van der Waals surface area contributed by atoms with Crippen molar-refractivity contribution in [3.63, 3.8) is 0 Å². The molecule has 98 valence electrons. The quantitative estimate of drug-likeness (QED) is 0.807. The average molecular weight is 320 g/mol. The maximum absolute atomic E-state index is 13.0. The number of carbonyl (C=O) groups is 2. The second-order valence-electron chi connectivity index (χ2n) is 3.37. The molecule has 0 aliphatic carbocycles. The Morgan fingerprint density at radius 1 is 1.56 bits per heavy atom. The van der Waals surface area contributed by atoms with E-state index in [0.29, 0.717) is 4.47 Å². The van der Waals surface area contributed by atoms with Gasteiger partial charge in [0.15, 0.2) is 6.10 Å². The first kappa shape index (κ1) is 14.6. The van der Waals surface area contributed by atoms with Crippen molar-refractivity contribution in [2.75, 3.05) is 13.7 Å². The maximum atomic E-state index is 13.0. The number of benzene rings is 1. The summed E-state index contributed by atoms with van der Waals surface area (Å²) < 4.78 is 17.7. The molecule has 0 spiro atoms. The summed E-state index contributed by atoms with van der Waals surface area (Å²) in [5.41, 5.74) is 0.0760. The van der Waals surface area contributed by atoms with Gasteiger partial charge in [0, 0.05) is 4.47 Å². The van der Waals surface area contributed by atoms with E-state index in [-0.39, 0.29) is 12.1 Å². The molecule has 0 heterocycles. The highest BCUT2D eigenvalue weighted by Crippen LogP contribution is 2.17. The Hall–Kier alpha value is -1.47. The smallest absolute Gasteiger partial charge is 0.336 e. The monoisotopic (exact) mass is 319 g/mol. The zero-order valence-electron chi connectivity index (χ0n) is 9.44. The Morgan fingerprint density at radius 2 is 2.22 bits per heavy atom. The van der Waals surface area contributed by atoms with Crippen LogP contribution in [0.15, 0.2) is 22.7 Å². The van der Waals surface area contributed by atoms with Crippen LogP contribution in [-0.4, -0.2) is 36.7 Å². The van der Waals surface area contributed by atoms with Gasteiger partial charge in [0.05, 0.1) is 19.2 Å². The van der Waals surface area contributed by atoms with E-state index < -0.39 is 23.8 Å². The number of amides is 1. The van der Waals surface area contributed by atoms with Crippen molar-refractivity contribution in [1.29, 1.82) is 0 Å². The van der Waals surface area contributed by atoms with Crippen LogP contribution in [0.4, 0.5) is 4.39 Å². The fourth-order valence-electron chi connectivity index (χ4n) is 1.18. The minimum Gasteiger partial charge on any atom is -0.467 e. The number of ether oxygens (including phenoxy) is 1. The Kier molecular flexibility index (Phi) is 5.24. The molecule has 0 saturated heterocycles. The number of halogens is 2. The molecule has 1 aromatic rings. The van der Waals surface area contributed by atoms with Crippen LogP contribution in [0.2, 0.25) is 0 Å². The van der Waals surface area contributed by atoms with E-state index in [1.807, 2.05) is 0 Å². The average Bonchev–Trinajstić information content (AvgIpc) is 2.37. The lowest BCUT2D eigenvalue weighted by molar-refractivity contribution is -0.149. The third-order valence-corrected chi connectivity index (χ3v) is 2.79.